The van der Waals surface area contributed by atoms with Gasteiger partial charge in [-0.15, -0.1) is 6.58 Å². The zero-order valence-electron chi connectivity index (χ0n) is 10.8. The van der Waals surface area contributed by atoms with E-state index in [0.29, 0.717) is 5.92 Å². The molecular weight excluding hydrogens is 210 g/mol. The summed E-state index contributed by atoms with van der Waals surface area (Å²) in [5.74, 6) is 2.44. The highest BCUT2D eigenvalue weighted by molar-refractivity contribution is 5.41. The fraction of sp³-hybridized carbons (Fsp3) is 0.643. The lowest BCUT2D eigenvalue weighted by Gasteiger charge is -2.12. The van der Waals surface area contributed by atoms with Crippen molar-refractivity contribution in [3.8, 4) is 0 Å². The van der Waals surface area contributed by atoms with E-state index in [-0.39, 0.29) is 0 Å². The van der Waals surface area contributed by atoms with Crippen LogP contribution in [0.1, 0.15) is 56.0 Å². The zero-order chi connectivity index (χ0) is 12.3. The maximum absolute atomic E-state index is 6.22. The van der Waals surface area contributed by atoms with Crippen molar-refractivity contribution in [2.75, 3.05) is 5.73 Å². The van der Waals surface area contributed by atoms with E-state index in [1.165, 1.54) is 38.5 Å². The molecule has 0 saturated heterocycles. The molecule has 1 aliphatic rings. The molecule has 0 spiro atoms. The Morgan fingerprint density at radius 3 is 2.59 bits per heavy atom. The van der Waals surface area contributed by atoms with Crippen LogP contribution in [-0.2, 0) is 6.54 Å². The number of anilines is 1. The summed E-state index contributed by atoms with van der Waals surface area (Å²) in [5.41, 5.74) is 7.36. The van der Waals surface area contributed by atoms with E-state index in [1.807, 2.05) is 13.0 Å². The van der Waals surface area contributed by atoms with Gasteiger partial charge in [0.25, 0.3) is 0 Å². The van der Waals surface area contributed by atoms with Crippen LogP contribution in [0.5, 0.6) is 0 Å². The van der Waals surface area contributed by atoms with Crippen molar-refractivity contribution in [1.29, 1.82) is 0 Å². The Hall–Kier alpha value is -1.25. The summed E-state index contributed by atoms with van der Waals surface area (Å²) in [6.07, 6.45) is 9.73. The zero-order valence-corrected chi connectivity index (χ0v) is 10.8. The third-order valence-electron chi connectivity index (χ3n) is 3.78. The van der Waals surface area contributed by atoms with Crippen molar-refractivity contribution in [1.82, 2.24) is 9.55 Å². The Balaban J connectivity index is 2.25. The number of hydrogen-bond acceptors (Lipinski definition) is 2. The Morgan fingerprint density at radius 2 is 2.00 bits per heavy atom. The highest BCUT2D eigenvalue weighted by atomic mass is 15.1. The molecular formula is C14H23N3. The van der Waals surface area contributed by atoms with Gasteiger partial charge in [0.2, 0.25) is 0 Å². The molecule has 0 unspecified atom stereocenters. The number of aromatic nitrogens is 2. The maximum atomic E-state index is 6.22. The molecule has 0 amide bonds. The molecule has 2 rings (SSSR count). The lowest BCUT2D eigenvalue weighted by atomic mass is 9.96. The van der Waals surface area contributed by atoms with E-state index in [4.69, 9.17) is 5.73 Å². The topological polar surface area (TPSA) is 43.8 Å². The quantitative estimate of drug-likeness (QED) is 0.642. The number of hydrogen-bond donors (Lipinski definition) is 1. The first-order valence-electron chi connectivity index (χ1n) is 6.67. The highest BCUT2D eigenvalue weighted by Gasteiger charge is 2.21. The summed E-state index contributed by atoms with van der Waals surface area (Å²) in [5, 5.41) is 0. The van der Waals surface area contributed by atoms with Gasteiger partial charge in [0.1, 0.15) is 11.6 Å². The third kappa shape index (κ3) is 2.54. The number of aryl methyl sites for hydroxylation is 1. The van der Waals surface area contributed by atoms with Crippen LogP contribution < -0.4 is 5.73 Å². The average molecular weight is 233 g/mol. The van der Waals surface area contributed by atoms with Crippen molar-refractivity contribution in [3.63, 3.8) is 0 Å². The van der Waals surface area contributed by atoms with Gasteiger partial charge in [-0.3, -0.25) is 0 Å². The van der Waals surface area contributed by atoms with Crippen LogP contribution in [0.4, 0.5) is 5.82 Å². The minimum atomic E-state index is 0.572. The van der Waals surface area contributed by atoms with E-state index in [1.54, 1.807) is 0 Å². The third-order valence-corrected chi connectivity index (χ3v) is 3.78. The van der Waals surface area contributed by atoms with Crippen LogP contribution in [-0.4, -0.2) is 9.55 Å². The van der Waals surface area contributed by atoms with Gasteiger partial charge < -0.3 is 10.3 Å². The molecule has 3 nitrogen and oxygen atoms in total. The van der Waals surface area contributed by atoms with Crippen molar-refractivity contribution in [2.45, 2.75) is 57.9 Å². The SMILES string of the molecule is C=CCn1c(C)nc(C2CCCCCC2)c1N. The largest absolute Gasteiger partial charge is 0.384 e. The molecule has 0 aliphatic heterocycles. The lowest BCUT2D eigenvalue weighted by molar-refractivity contribution is 0.581. The maximum Gasteiger partial charge on any atom is 0.127 e. The van der Waals surface area contributed by atoms with E-state index < -0.39 is 0 Å². The Kier molecular flexibility index (Phi) is 3.87. The van der Waals surface area contributed by atoms with Crippen molar-refractivity contribution in [3.05, 3.63) is 24.2 Å². The second-order valence-electron chi connectivity index (χ2n) is 5.02. The van der Waals surface area contributed by atoms with Crippen molar-refractivity contribution < 1.29 is 0 Å². The van der Waals surface area contributed by atoms with E-state index >= 15 is 0 Å². The van der Waals surface area contributed by atoms with E-state index in [2.05, 4.69) is 16.1 Å². The van der Waals surface area contributed by atoms with Crippen LogP contribution in [0.2, 0.25) is 0 Å². The smallest absolute Gasteiger partial charge is 0.127 e. The Bertz CT molecular complexity index is 384. The minimum Gasteiger partial charge on any atom is -0.384 e. The predicted molar refractivity (Wildman–Crippen MR) is 72.0 cm³/mol. The minimum absolute atomic E-state index is 0.572. The van der Waals surface area contributed by atoms with E-state index in [0.717, 1.165) is 23.9 Å². The number of allylic oxidation sites excluding steroid dienone is 1. The summed E-state index contributed by atoms with van der Waals surface area (Å²) < 4.78 is 2.06. The molecule has 1 heterocycles. The van der Waals surface area contributed by atoms with Crippen LogP contribution in [0, 0.1) is 6.92 Å². The summed E-state index contributed by atoms with van der Waals surface area (Å²) in [4.78, 5) is 4.68. The Labute approximate surface area is 104 Å². The van der Waals surface area contributed by atoms with Gasteiger partial charge >= 0.3 is 0 Å². The van der Waals surface area contributed by atoms with Gasteiger partial charge in [-0.05, 0) is 19.8 Å². The van der Waals surface area contributed by atoms with Crippen molar-refractivity contribution in [2.24, 2.45) is 0 Å². The molecule has 0 radical (unpaired) electrons. The van der Waals surface area contributed by atoms with Crippen LogP contribution in [0.15, 0.2) is 12.7 Å². The number of nitrogens with two attached hydrogens (primary N) is 1. The number of nitrogens with zero attached hydrogens (tertiary/aromatic N) is 2. The molecule has 1 aromatic heterocycles. The number of nitrogen functional groups attached to an aromatic ring is 1. The second-order valence-corrected chi connectivity index (χ2v) is 5.02. The van der Waals surface area contributed by atoms with Gasteiger partial charge in [0.05, 0.1) is 5.69 Å². The fourth-order valence-corrected chi connectivity index (χ4v) is 2.82. The van der Waals surface area contributed by atoms with Gasteiger partial charge in [0.15, 0.2) is 0 Å². The average Bonchev–Trinajstić information content (AvgIpc) is 2.55. The van der Waals surface area contributed by atoms with Crippen molar-refractivity contribution >= 4 is 5.82 Å². The first-order valence-corrected chi connectivity index (χ1v) is 6.67. The molecule has 17 heavy (non-hydrogen) atoms. The summed E-state index contributed by atoms with van der Waals surface area (Å²) in [6.45, 7) is 6.56. The first-order chi connectivity index (χ1) is 8.24. The standard InChI is InChI=1S/C14H23N3/c1-3-10-17-11(2)16-13(14(17)15)12-8-6-4-5-7-9-12/h3,12H,1,4-10,15H2,2H3. The summed E-state index contributed by atoms with van der Waals surface area (Å²) in [7, 11) is 0. The fourth-order valence-electron chi connectivity index (χ4n) is 2.82. The molecule has 1 saturated carbocycles. The lowest BCUT2D eigenvalue weighted by Crippen LogP contribution is -2.06. The van der Waals surface area contributed by atoms with Crippen LogP contribution >= 0.6 is 0 Å². The molecule has 2 N–H and O–H groups in total. The molecule has 1 fully saturated rings. The predicted octanol–water partition coefficient (Wildman–Crippen LogP) is 3.40. The Morgan fingerprint density at radius 1 is 1.35 bits per heavy atom. The molecule has 3 heteroatoms. The molecule has 1 aliphatic carbocycles. The van der Waals surface area contributed by atoms with Crippen LogP contribution in [0.3, 0.4) is 0 Å². The van der Waals surface area contributed by atoms with Gasteiger partial charge in [-0.2, -0.15) is 0 Å². The molecule has 0 aromatic carbocycles. The molecule has 1 aromatic rings. The number of imidazole rings is 1. The second kappa shape index (κ2) is 5.39. The number of rotatable bonds is 3. The normalized spacial score (nSPS) is 17.9. The van der Waals surface area contributed by atoms with Gasteiger partial charge in [-0.1, -0.05) is 31.8 Å². The highest BCUT2D eigenvalue weighted by Crippen LogP contribution is 2.34. The van der Waals surface area contributed by atoms with E-state index in [9.17, 15) is 0 Å². The molecule has 0 atom stereocenters. The monoisotopic (exact) mass is 233 g/mol. The van der Waals surface area contributed by atoms with Gasteiger partial charge in [-0.25, -0.2) is 4.98 Å². The van der Waals surface area contributed by atoms with Crippen LogP contribution in [0.25, 0.3) is 0 Å². The first kappa shape index (κ1) is 12.2. The molecule has 0 bridgehead atoms. The molecule has 94 valence electrons. The summed E-state index contributed by atoms with van der Waals surface area (Å²) >= 11 is 0. The van der Waals surface area contributed by atoms with Gasteiger partial charge in [0, 0.05) is 12.5 Å². The summed E-state index contributed by atoms with van der Waals surface area (Å²) in [6, 6.07) is 0.